The first-order chi connectivity index (χ1) is 10.2. The molecular formula is C17H20N2OS. The van der Waals surface area contributed by atoms with Crippen LogP contribution < -0.4 is 5.73 Å². The predicted molar refractivity (Wildman–Crippen MR) is 89.1 cm³/mol. The molecule has 0 saturated carbocycles. The lowest BCUT2D eigenvalue weighted by Crippen LogP contribution is -2.31. The summed E-state index contributed by atoms with van der Waals surface area (Å²) in [5.74, 6) is 0.545. The Morgan fingerprint density at radius 3 is 2.43 bits per heavy atom. The summed E-state index contributed by atoms with van der Waals surface area (Å²) in [6.45, 7) is 3.36. The fraction of sp³-hybridized carbons (Fsp3) is 0.235. The lowest BCUT2D eigenvalue weighted by Gasteiger charge is -2.21. The normalized spacial score (nSPS) is 10.3. The number of hydrogen-bond acceptors (Lipinski definition) is 3. The molecule has 0 saturated heterocycles. The smallest absolute Gasteiger partial charge is 0.233 e. The van der Waals surface area contributed by atoms with Crippen LogP contribution in [0.3, 0.4) is 0 Å². The Bertz CT molecular complexity index is 586. The maximum absolute atomic E-state index is 12.3. The number of carbonyl (C=O) groups is 1. The summed E-state index contributed by atoms with van der Waals surface area (Å²) in [7, 11) is 0. The van der Waals surface area contributed by atoms with E-state index in [9.17, 15) is 4.79 Å². The first kappa shape index (κ1) is 15.4. The van der Waals surface area contributed by atoms with Crippen LogP contribution in [-0.4, -0.2) is 23.1 Å². The average Bonchev–Trinajstić information content (AvgIpc) is 2.52. The van der Waals surface area contributed by atoms with Crippen LogP contribution in [0.25, 0.3) is 0 Å². The van der Waals surface area contributed by atoms with Crippen molar-refractivity contribution in [1.82, 2.24) is 4.90 Å². The van der Waals surface area contributed by atoms with E-state index >= 15 is 0 Å². The van der Waals surface area contributed by atoms with E-state index in [1.54, 1.807) is 0 Å². The number of rotatable bonds is 6. The second-order valence-corrected chi connectivity index (χ2v) is 5.74. The maximum Gasteiger partial charge on any atom is 0.233 e. The summed E-state index contributed by atoms with van der Waals surface area (Å²) in [5, 5.41) is 0. The first-order valence-electron chi connectivity index (χ1n) is 6.99. The van der Waals surface area contributed by atoms with Crippen LogP contribution in [0, 0.1) is 0 Å². The molecule has 1 amide bonds. The molecule has 0 aliphatic heterocycles. The van der Waals surface area contributed by atoms with Gasteiger partial charge in [-0.1, -0.05) is 42.5 Å². The van der Waals surface area contributed by atoms with Crippen LogP contribution in [0.5, 0.6) is 0 Å². The molecule has 4 heteroatoms. The molecule has 110 valence electrons. The van der Waals surface area contributed by atoms with Crippen molar-refractivity contribution in [2.75, 3.05) is 18.0 Å². The van der Waals surface area contributed by atoms with E-state index in [4.69, 9.17) is 5.73 Å². The van der Waals surface area contributed by atoms with Crippen LogP contribution in [0.1, 0.15) is 12.5 Å². The Morgan fingerprint density at radius 1 is 1.10 bits per heavy atom. The van der Waals surface area contributed by atoms with Crippen molar-refractivity contribution in [2.45, 2.75) is 18.4 Å². The number of anilines is 1. The zero-order chi connectivity index (χ0) is 15.1. The first-order valence-corrected chi connectivity index (χ1v) is 7.98. The van der Waals surface area contributed by atoms with Gasteiger partial charge < -0.3 is 10.6 Å². The van der Waals surface area contributed by atoms with Crippen LogP contribution >= 0.6 is 11.8 Å². The summed E-state index contributed by atoms with van der Waals surface area (Å²) in [6.07, 6.45) is 0. The van der Waals surface area contributed by atoms with Gasteiger partial charge in [0, 0.05) is 23.7 Å². The summed E-state index contributed by atoms with van der Waals surface area (Å²) in [4.78, 5) is 15.1. The number of nitrogens with two attached hydrogens (primary N) is 1. The number of benzene rings is 2. The molecular weight excluding hydrogens is 280 g/mol. The molecule has 0 fully saturated rings. The van der Waals surface area contributed by atoms with Gasteiger partial charge in [0.15, 0.2) is 0 Å². The van der Waals surface area contributed by atoms with Crippen molar-refractivity contribution in [2.24, 2.45) is 0 Å². The Balaban J connectivity index is 1.93. The van der Waals surface area contributed by atoms with E-state index in [2.05, 4.69) is 0 Å². The standard InChI is InChI=1S/C17H20N2OS/c1-2-19(12-14-8-4-3-5-9-14)17(20)13-21-16-11-7-6-10-15(16)18/h3-11H,2,12-13,18H2,1H3. The van der Waals surface area contributed by atoms with Gasteiger partial charge in [-0.15, -0.1) is 11.8 Å². The molecule has 3 nitrogen and oxygen atoms in total. The number of hydrogen-bond donors (Lipinski definition) is 1. The molecule has 0 bridgehead atoms. The topological polar surface area (TPSA) is 46.3 Å². The number of nitrogen functional groups attached to an aromatic ring is 1. The minimum absolute atomic E-state index is 0.134. The second-order valence-electron chi connectivity index (χ2n) is 4.72. The zero-order valence-electron chi connectivity index (χ0n) is 12.2. The molecule has 2 rings (SSSR count). The van der Waals surface area contributed by atoms with Gasteiger partial charge in [0.05, 0.1) is 5.75 Å². The summed E-state index contributed by atoms with van der Waals surface area (Å²) in [5.41, 5.74) is 7.77. The van der Waals surface area contributed by atoms with E-state index in [1.165, 1.54) is 11.8 Å². The Hall–Kier alpha value is -1.94. The van der Waals surface area contributed by atoms with Gasteiger partial charge in [-0.3, -0.25) is 4.79 Å². The quantitative estimate of drug-likeness (QED) is 0.657. The number of para-hydroxylation sites is 1. The van der Waals surface area contributed by atoms with E-state index in [-0.39, 0.29) is 5.91 Å². The van der Waals surface area contributed by atoms with Crippen molar-refractivity contribution in [3.63, 3.8) is 0 Å². The summed E-state index contributed by atoms with van der Waals surface area (Å²) in [6, 6.07) is 17.7. The van der Waals surface area contributed by atoms with Gasteiger partial charge in [-0.05, 0) is 24.6 Å². The summed E-state index contributed by atoms with van der Waals surface area (Å²) < 4.78 is 0. The third kappa shape index (κ3) is 4.53. The fourth-order valence-electron chi connectivity index (χ4n) is 2.02. The lowest BCUT2D eigenvalue weighted by atomic mass is 10.2. The largest absolute Gasteiger partial charge is 0.398 e. The molecule has 2 N–H and O–H groups in total. The van der Waals surface area contributed by atoms with Crippen molar-refractivity contribution in [3.05, 3.63) is 60.2 Å². The van der Waals surface area contributed by atoms with Crippen LogP contribution in [0.15, 0.2) is 59.5 Å². The molecule has 2 aromatic rings. The molecule has 0 aliphatic rings. The van der Waals surface area contributed by atoms with Crippen LogP contribution in [0.2, 0.25) is 0 Å². The number of nitrogens with zero attached hydrogens (tertiary/aromatic N) is 1. The van der Waals surface area contributed by atoms with Crippen LogP contribution in [-0.2, 0) is 11.3 Å². The number of amides is 1. The highest BCUT2D eigenvalue weighted by Crippen LogP contribution is 2.24. The predicted octanol–water partition coefficient (Wildman–Crippen LogP) is 3.41. The average molecular weight is 300 g/mol. The molecule has 0 aliphatic carbocycles. The molecule has 0 spiro atoms. The van der Waals surface area contributed by atoms with Crippen molar-refractivity contribution in [1.29, 1.82) is 0 Å². The van der Waals surface area contributed by atoms with Gasteiger partial charge in [-0.25, -0.2) is 0 Å². The molecule has 2 aromatic carbocycles. The SMILES string of the molecule is CCN(Cc1ccccc1)C(=O)CSc1ccccc1N. The van der Waals surface area contributed by atoms with Gasteiger partial charge >= 0.3 is 0 Å². The minimum Gasteiger partial charge on any atom is -0.398 e. The van der Waals surface area contributed by atoms with Crippen molar-refractivity contribution < 1.29 is 4.79 Å². The number of thioether (sulfide) groups is 1. The van der Waals surface area contributed by atoms with Crippen molar-refractivity contribution >= 4 is 23.4 Å². The zero-order valence-corrected chi connectivity index (χ0v) is 13.0. The van der Waals surface area contributed by atoms with Crippen LogP contribution in [0.4, 0.5) is 5.69 Å². The highest BCUT2D eigenvalue weighted by Gasteiger charge is 2.13. The molecule has 0 aromatic heterocycles. The van der Waals surface area contributed by atoms with Gasteiger partial charge in [0.25, 0.3) is 0 Å². The molecule has 0 atom stereocenters. The highest BCUT2D eigenvalue weighted by atomic mass is 32.2. The minimum atomic E-state index is 0.134. The maximum atomic E-state index is 12.3. The Kier molecular flexibility index (Phi) is 5.69. The monoisotopic (exact) mass is 300 g/mol. The second kappa shape index (κ2) is 7.74. The Morgan fingerprint density at radius 2 is 1.76 bits per heavy atom. The van der Waals surface area contributed by atoms with E-state index < -0.39 is 0 Å². The van der Waals surface area contributed by atoms with Crippen molar-refractivity contribution in [3.8, 4) is 0 Å². The highest BCUT2D eigenvalue weighted by molar-refractivity contribution is 8.00. The van der Waals surface area contributed by atoms with Gasteiger partial charge in [0.2, 0.25) is 5.91 Å². The number of carbonyl (C=O) groups excluding carboxylic acids is 1. The molecule has 0 unspecified atom stereocenters. The van der Waals surface area contributed by atoms with Gasteiger partial charge in [0.1, 0.15) is 0 Å². The lowest BCUT2D eigenvalue weighted by molar-refractivity contribution is -0.128. The third-order valence-corrected chi connectivity index (χ3v) is 4.29. The van der Waals surface area contributed by atoms with E-state index in [0.717, 1.165) is 16.1 Å². The molecule has 0 radical (unpaired) electrons. The van der Waals surface area contributed by atoms with E-state index in [0.29, 0.717) is 18.8 Å². The van der Waals surface area contributed by atoms with E-state index in [1.807, 2.05) is 66.4 Å². The van der Waals surface area contributed by atoms with Gasteiger partial charge in [-0.2, -0.15) is 0 Å². The summed E-state index contributed by atoms with van der Waals surface area (Å²) >= 11 is 1.49. The molecule has 21 heavy (non-hydrogen) atoms. The molecule has 0 heterocycles. The third-order valence-electron chi connectivity index (χ3n) is 3.22. The Labute approximate surface area is 130 Å². The fourth-order valence-corrected chi connectivity index (χ4v) is 2.89.